The fourth-order valence-corrected chi connectivity index (χ4v) is 14.4. The van der Waals surface area contributed by atoms with Gasteiger partial charge in [-0.25, -0.2) is 36.4 Å². The van der Waals surface area contributed by atoms with Crippen molar-refractivity contribution in [1.29, 1.82) is 0 Å². The van der Waals surface area contributed by atoms with Crippen LogP contribution in [0.25, 0.3) is 44.3 Å². The first kappa shape index (κ1) is 56.1. The van der Waals surface area contributed by atoms with Gasteiger partial charge in [0.2, 0.25) is 31.9 Å². The normalized spacial score (nSPS) is 20.4. The molecule has 2 aromatic heterocycles. The van der Waals surface area contributed by atoms with Crippen LogP contribution in [0.2, 0.25) is 0 Å². The number of piperazine rings is 2. The van der Waals surface area contributed by atoms with E-state index in [4.69, 9.17) is 19.4 Å². The summed E-state index contributed by atoms with van der Waals surface area (Å²) in [5.41, 5.74) is 12.8. The number of nitrogens with one attached hydrogen (secondary N) is 4. The Hall–Kier alpha value is -6.18. The maximum Gasteiger partial charge on any atom is 0.407 e. The van der Waals surface area contributed by atoms with Crippen molar-refractivity contribution in [3.63, 3.8) is 0 Å². The highest BCUT2D eigenvalue weighted by Gasteiger charge is 2.44. The van der Waals surface area contributed by atoms with Gasteiger partial charge in [-0.2, -0.15) is 32.1 Å². The smallest absolute Gasteiger partial charge is 0.407 e. The lowest BCUT2D eigenvalue weighted by Gasteiger charge is -2.44. The highest BCUT2D eigenvalue weighted by molar-refractivity contribution is 7.98. The van der Waals surface area contributed by atoms with E-state index in [1.54, 1.807) is 33.3 Å². The van der Waals surface area contributed by atoms with Crippen LogP contribution < -0.4 is 10.6 Å². The molecule has 2 fully saturated rings. The van der Waals surface area contributed by atoms with Crippen LogP contribution in [0.1, 0.15) is 71.3 Å². The van der Waals surface area contributed by atoms with Gasteiger partial charge in [-0.15, -0.1) is 0 Å². The predicted molar refractivity (Wildman–Crippen MR) is 307 cm³/mol. The van der Waals surface area contributed by atoms with Gasteiger partial charge < -0.3 is 39.9 Å². The second-order valence-electron chi connectivity index (χ2n) is 21.0. The van der Waals surface area contributed by atoms with Crippen molar-refractivity contribution in [3.05, 3.63) is 106 Å². The summed E-state index contributed by atoms with van der Waals surface area (Å²) < 4.78 is 64.0. The molecule has 420 valence electrons. The Labute approximate surface area is 468 Å². The van der Waals surface area contributed by atoms with E-state index in [0.717, 1.165) is 65.1 Å². The third-order valence-electron chi connectivity index (χ3n) is 16.0. The summed E-state index contributed by atoms with van der Waals surface area (Å²) in [6, 6.07) is 20.4. The predicted octanol–water partition coefficient (Wildman–Crippen LogP) is 5.98. The zero-order valence-corrected chi connectivity index (χ0v) is 48.5. The third-order valence-corrected chi connectivity index (χ3v) is 19.9. The van der Waals surface area contributed by atoms with Crippen molar-refractivity contribution in [3.8, 4) is 22.3 Å². The minimum atomic E-state index is -3.61. The molecule has 11 rings (SSSR count). The number of ether oxygens (including phenoxy) is 2. The molecular formula is C55H66N10O10S4. The van der Waals surface area contributed by atoms with Crippen molar-refractivity contribution in [2.24, 2.45) is 0 Å². The molecule has 4 aromatic carbocycles. The zero-order chi connectivity index (χ0) is 56.1. The Morgan fingerprint density at radius 1 is 0.658 bits per heavy atom. The SMILES string of the molecule is COC(=O)N[C@@H](CCSC)C(=O)N1CCN(S(C)(=O)=O)C[C@H]1c1nc2ccc(-c3cc4c5cc3CCc3ccc(c(-c6ccc7nc([C@@H]8CN(S(C)(=O)=O)CCN8C(=O)[C@H](CCSC)NC(=O)OC)[nH]c7c6)c3)C5(C)C4)cc2[nH]1. The average Bonchev–Trinajstić information content (AvgIpc) is 3.99. The van der Waals surface area contributed by atoms with E-state index in [-0.39, 0.29) is 56.5 Å². The maximum atomic E-state index is 14.3. The van der Waals surface area contributed by atoms with E-state index >= 15 is 0 Å². The number of imidazole rings is 2. The van der Waals surface area contributed by atoms with Gasteiger partial charge in [0.1, 0.15) is 35.8 Å². The summed E-state index contributed by atoms with van der Waals surface area (Å²) >= 11 is 3.10. The van der Waals surface area contributed by atoms with Gasteiger partial charge in [-0.1, -0.05) is 49.4 Å². The summed E-state index contributed by atoms with van der Waals surface area (Å²) in [6.07, 6.45) is 7.76. The van der Waals surface area contributed by atoms with E-state index in [1.807, 2.05) is 24.6 Å². The molecule has 4 N–H and O–H groups in total. The zero-order valence-electron chi connectivity index (χ0n) is 45.3. The molecule has 2 saturated heterocycles. The minimum Gasteiger partial charge on any atom is -0.453 e. The van der Waals surface area contributed by atoms with Crippen LogP contribution in [-0.2, 0) is 63.8 Å². The summed E-state index contributed by atoms with van der Waals surface area (Å²) in [4.78, 5) is 73.4. The molecule has 5 aliphatic rings. The molecule has 4 amide bonds. The van der Waals surface area contributed by atoms with Crippen molar-refractivity contribution in [2.75, 3.05) is 90.0 Å². The van der Waals surface area contributed by atoms with Crippen molar-refractivity contribution in [1.82, 2.24) is 49.0 Å². The largest absolute Gasteiger partial charge is 0.453 e. The molecule has 0 spiro atoms. The molecule has 5 atom stereocenters. The summed E-state index contributed by atoms with van der Waals surface area (Å²) in [5, 5.41) is 5.38. The number of hydrogen-bond donors (Lipinski definition) is 4. The summed E-state index contributed by atoms with van der Waals surface area (Å²) in [6.45, 7) is 2.71. The Morgan fingerprint density at radius 3 is 1.65 bits per heavy atom. The summed E-state index contributed by atoms with van der Waals surface area (Å²) in [5.74, 6) is 1.42. The molecule has 20 nitrogen and oxygen atoms in total. The number of fused-ring (bicyclic) bond motifs is 5. The molecule has 79 heavy (non-hydrogen) atoms. The topological polar surface area (TPSA) is 249 Å². The van der Waals surface area contributed by atoms with Crippen molar-refractivity contribution < 1.29 is 45.5 Å². The molecule has 24 heteroatoms. The first-order valence-electron chi connectivity index (χ1n) is 26.2. The molecule has 4 heterocycles. The average molecular weight is 1160 g/mol. The monoisotopic (exact) mass is 1150 g/mol. The second kappa shape index (κ2) is 22.4. The number of nitrogens with zero attached hydrogens (tertiary/aromatic N) is 6. The molecule has 0 saturated carbocycles. The number of alkyl carbamates (subject to hydrolysis) is 2. The van der Waals surface area contributed by atoms with E-state index in [0.29, 0.717) is 47.0 Å². The highest BCUT2D eigenvalue weighted by atomic mass is 32.2. The van der Waals surface area contributed by atoms with Crippen LogP contribution in [0.5, 0.6) is 0 Å². The first-order chi connectivity index (χ1) is 37.7. The Kier molecular flexibility index (Phi) is 15.9. The molecule has 2 aliphatic heterocycles. The first-order valence-corrected chi connectivity index (χ1v) is 32.7. The van der Waals surface area contributed by atoms with Crippen LogP contribution >= 0.6 is 23.5 Å². The lowest BCUT2D eigenvalue weighted by Crippen LogP contribution is -2.57. The highest BCUT2D eigenvalue weighted by Crippen LogP contribution is 2.52. The fraction of sp³-hybridized carbons (Fsp3) is 0.455. The quantitative estimate of drug-likeness (QED) is 0.0871. The number of aryl methyl sites for hydroxylation is 2. The Balaban J connectivity index is 0.945. The number of benzene rings is 4. The number of amides is 4. The number of carbonyl (C=O) groups is 4. The molecule has 6 aromatic rings. The van der Waals surface area contributed by atoms with Crippen molar-refractivity contribution in [2.45, 2.75) is 68.6 Å². The number of H-pyrrole nitrogens is 2. The van der Waals surface area contributed by atoms with E-state index < -0.39 is 56.4 Å². The molecule has 4 bridgehead atoms. The summed E-state index contributed by atoms with van der Waals surface area (Å²) in [7, 11) is -4.73. The van der Waals surface area contributed by atoms with Crippen LogP contribution in [-0.4, -0.2) is 181 Å². The number of hydrogen-bond acceptors (Lipinski definition) is 14. The lowest BCUT2D eigenvalue weighted by atomic mass is 9.59. The second-order valence-corrected chi connectivity index (χ2v) is 27.0. The number of sulfonamides is 2. The van der Waals surface area contributed by atoms with E-state index in [2.05, 4.69) is 82.1 Å². The number of rotatable bonds is 16. The Bertz CT molecular complexity index is 3610. The van der Waals surface area contributed by atoms with Gasteiger partial charge in [0, 0.05) is 44.7 Å². The van der Waals surface area contributed by atoms with E-state index in [9.17, 15) is 36.0 Å². The number of thioether (sulfide) groups is 2. The maximum absolute atomic E-state index is 14.3. The molecule has 3 aliphatic carbocycles. The fourth-order valence-electron chi connectivity index (χ4n) is 11.8. The number of methoxy groups -OCH3 is 2. The van der Waals surface area contributed by atoms with E-state index in [1.165, 1.54) is 50.6 Å². The molecule has 1 unspecified atom stereocenters. The van der Waals surface area contributed by atoms with Crippen LogP contribution in [0.3, 0.4) is 0 Å². The lowest BCUT2D eigenvalue weighted by molar-refractivity contribution is -0.138. The van der Waals surface area contributed by atoms with Gasteiger partial charge in [-0.3, -0.25) is 9.59 Å². The van der Waals surface area contributed by atoms with Gasteiger partial charge in [0.15, 0.2) is 0 Å². The van der Waals surface area contributed by atoms with Crippen LogP contribution in [0.4, 0.5) is 9.59 Å². The Morgan fingerprint density at radius 2 is 1.16 bits per heavy atom. The van der Waals surface area contributed by atoms with Gasteiger partial charge in [0.05, 0.1) is 48.8 Å². The molecular weight excluding hydrogens is 1090 g/mol. The number of aromatic amines is 2. The third kappa shape index (κ3) is 11.2. The number of aromatic nitrogens is 4. The van der Waals surface area contributed by atoms with Crippen molar-refractivity contribution >= 4 is 89.6 Å². The number of carbonyl (C=O) groups excluding carboxylic acids is 4. The van der Waals surface area contributed by atoms with Gasteiger partial charge in [-0.05, 0) is 130 Å². The van der Waals surface area contributed by atoms with Crippen LogP contribution in [0, 0.1) is 0 Å². The van der Waals surface area contributed by atoms with Gasteiger partial charge in [0.25, 0.3) is 0 Å². The standard InChI is InChI=1S/C55H66N10O10S4/c1-55-29-36-25-37(34-11-14-41-45(27-34)58-49(56-41)47-30-62(78(6,70)71)18-20-64(47)51(66)43(16-22-76-4)60-53(68)74-2)33(26-40(36)55)10-8-32-9-13-39(55)38(24-32)35-12-15-42-46(28-35)59-50(57-42)48-31-63(79(7,72)73)19-21-65(48)52(67)44(17-23-77-5)61-54(69)75-3/h9,11-15,24-28,43-44,47-48H,8,10,16-23,29-31H2,1-7H3,(H,56,58)(H,57,59)(H,60,68)(H,61,69)/t43-,44-,47-,48-,55?/m0/s1. The van der Waals surface area contributed by atoms with Crippen LogP contribution in [0.15, 0.2) is 66.7 Å². The molecule has 0 radical (unpaired) electrons. The van der Waals surface area contributed by atoms with Gasteiger partial charge >= 0.3 is 12.2 Å². The minimum absolute atomic E-state index is 0.00472.